The van der Waals surface area contributed by atoms with Crippen LogP contribution in [0.25, 0.3) is 0 Å². The number of hydrogen-bond donors (Lipinski definition) is 3. The minimum atomic E-state index is -0.795. The van der Waals surface area contributed by atoms with Crippen LogP contribution >= 0.6 is 11.8 Å². The number of thioether (sulfide) groups is 1. The van der Waals surface area contributed by atoms with Gasteiger partial charge in [0.2, 0.25) is 17.7 Å². The molecule has 11 heteroatoms. The van der Waals surface area contributed by atoms with Gasteiger partial charge in [0.1, 0.15) is 18.7 Å². The first-order chi connectivity index (χ1) is 19.0. The summed E-state index contributed by atoms with van der Waals surface area (Å²) >= 11 is 1.59. The van der Waals surface area contributed by atoms with E-state index >= 15 is 0 Å². The molecule has 3 amide bonds. The van der Waals surface area contributed by atoms with Crippen molar-refractivity contribution in [3.8, 4) is 0 Å². The molecule has 2 rings (SSSR count). The fourth-order valence-corrected chi connectivity index (χ4v) is 4.82. The van der Waals surface area contributed by atoms with Crippen molar-refractivity contribution in [2.45, 2.75) is 64.9 Å². The largest absolute Gasteiger partial charge is 0.378 e. The summed E-state index contributed by atoms with van der Waals surface area (Å²) in [6.45, 7) is 13.3. The molecule has 1 fully saturated rings. The number of rotatable bonds is 16. The number of hydrogen-bond acceptors (Lipinski definition) is 8. The van der Waals surface area contributed by atoms with Gasteiger partial charge in [0.05, 0.1) is 25.4 Å². The summed E-state index contributed by atoms with van der Waals surface area (Å²) in [6.07, 6.45) is 1.30. The molecule has 222 valence electrons. The number of likely N-dealkylation sites (tertiary alicyclic amines) is 1. The van der Waals surface area contributed by atoms with Gasteiger partial charge in [-0.3, -0.25) is 19.4 Å². The van der Waals surface area contributed by atoms with E-state index in [9.17, 15) is 14.4 Å². The molecule has 10 nitrogen and oxygen atoms in total. The molecule has 0 radical (unpaired) electrons. The van der Waals surface area contributed by atoms with Gasteiger partial charge in [0, 0.05) is 31.1 Å². The lowest BCUT2D eigenvalue weighted by atomic mass is 9.85. The van der Waals surface area contributed by atoms with Crippen molar-refractivity contribution < 1.29 is 23.9 Å². The highest BCUT2D eigenvalue weighted by molar-refractivity contribution is 8.11. The first-order valence-corrected chi connectivity index (χ1v) is 14.7. The molecule has 1 aromatic carbocycles. The van der Waals surface area contributed by atoms with Gasteiger partial charge in [-0.1, -0.05) is 51.6 Å². The molecule has 0 spiro atoms. The van der Waals surface area contributed by atoms with E-state index in [1.54, 1.807) is 22.2 Å². The van der Waals surface area contributed by atoms with Crippen molar-refractivity contribution in [3.63, 3.8) is 0 Å². The van der Waals surface area contributed by atoms with Crippen LogP contribution in [0.1, 0.15) is 51.7 Å². The Labute approximate surface area is 242 Å². The van der Waals surface area contributed by atoms with Gasteiger partial charge in [-0.05, 0) is 36.3 Å². The average molecular weight is 576 g/mol. The van der Waals surface area contributed by atoms with Crippen molar-refractivity contribution in [1.29, 1.82) is 0 Å². The fourth-order valence-electron chi connectivity index (χ4n) is 4.11. The Morgan fingerprint density at radius 2 is 1.85 bits per heavy atom. The molecule has 2 unspecified atom stereocenters. The fraction of sp³-hybridized carbons (Fsp3) is 0.586. The molecule has 2 atom stereocenters. The molecule has 0 saturated carbocycles. The van der Waals surface area contributed by atoms with Crippen molar-refractivity contribution in [2.24, 2.45) is 16.1 Å². The van der Waals surface area contributed by atoms with Gasteiger partial charge in [0.15, 0.2) is 0 Å². The minimum absolute atomic E-state index is 0.185. The molecule has 1 aliphatic rings. The third-order valence-electron chi connectivity index (χ3n) is 6.21. The summed E-state index contributed by atoms with van der Waals surface area (Å²) in [5.74, 6) is -0.0519. The Bertz CT molecular complexity index is 1010. The van der Waals surface area contributed by atoms with E-state index in [4.69, 9.17) is 15.2 Å². The van der Waals surface area contributed by atoms with Gasteiger partial charge in [-0.25, -0.2) is 0 Å². The second-order valence-corrected chi connectivity index (χ2v) is 11.7. The van der Waals surface area contributed by atoms with E-state index in [1.165, 1.54) is 0 Å². The van der Waals surface area contributed by atoms with E-state index < -0.39 is 23.4 Å². The summed E-state index contributed by atoms with van der Waals surface area (Å²) in [5, 5.41) is 5.80. The predicted molar refractivity (Wildman–Crippen MR) is 160 cm³/mol. The SMILES string of the molecule is C=C(C)N=CSCc1ccc(CNC(=O)C2CCCN2C(=O)C(NC(=O)COCCOCCN)C(C)(C)C)cc1. The van der Waals surface area contributed by atoms with Crippen LogP contribution in [0.2, 0.25) is 0 Å². The molecule has 0 aliphatic carbocycles. The zero-order chi connectivity index (χ0) is 29.5. The predicted octanol–water partition coefficient (Wildman–Crippen LogP) is 2.61. The van der Waals surface area contributed by atoms with E-state index in [-0.39, 0.29) is 25.0 Å². The molecule has 1 aliphatic heterocycles. The lowest BCUT2D eigenvalue weighted by molar-refractivity contribution is -0.144. The van der Waals surface area contributed by atoms with Crippen molar-refractivity contribution in [1.82, 2.24) is 15.5 Å². The maximum atomic E-state index is 13.6. The van der Waals surface area contributed by atoms with Crippen molar-refractivity contribution in [3.05, 3.63) is 47.7 Å². The maximum absolute atomic E-state index is 13.6. The van der Waals surface area contributed by atoms with Crippen LogP contribution < -0.4 is 16.4 Å². The monoisotopic (exact) mass is 575 g/mol. The quantitative estimate of drug-likeness (QED) is 0.157. The summed E-state index contributed by atoms with van der Waals surface area (Å²) in [5.41, 5.74) is 9.50. The number of benzene rings is 1. The first-order valence-electron chi connectivity index (χ1n) is 13.6. The lowest BCUT2D eigenvalue weighted by Gasteiger charge is -2.35. The van der Waals surface area contributed by atoms with E-state index in [0.29, 0.717) is 39.3 Å². The third kappa shape index (κ3) is 11.8. The average Bonchev–Trinajstić information content (AvgIpc) is 3.40. The van der Waals surface area contributed by atoms with Gasteiger partial charge >= 0.3 is 0 Å². The first kappa shape index (κ1) is 33.5. The van der Waals surface area contributed by atoms with E-state index in [2.05, 4.69) is 22.2 Å². The van der Waals surface area contributed by atoms with E-state index in [1.807, 2.05) is 52.0 Å². The van der Waals surface area contributed by atoms with Crippen LogP contribution in [0.15, 0.2) is 41.5 Å². The van der Waals surface area contributed by atoms with Gasteiger partial charge < -0.3 is 30.7 Å². The summed E-state index contributed by atoms with van der Waals surface area (Å²) < 4.78 is 10.6. The number of amides is 3. The molecular weight excluding hydrogens is 530 g/mol. The molecule has 1 aromatic rings. The van der Waals surface area contributed by atoms with Crippen LogP contribution in [0.4, 0.5) is 0 Å². The normalized spacial score (nSPS) is 16.2. The number of nitrogens with zero attached hydrogens (tertiary/aromatic N) is 2. The lowest BCUT2D eigenvalue weighted by Crippen LogP contribution is -2.58. The number of allylic oxidation sites excluding steroid dienone is 1. The number of carbonyl (C=O) groups excluding carboxylic acids is 3. The number of nitrogens with two attached hydrogens (primary N) is 1. The molecule has 1 heterocycles. The number of carbonyl (C=O) groups is 3. The highest BCUT2D eigenvalue weighted by Crippen LogP contribution is 2.26. The number of nitrogens with one attached hydrogen (secondary N) is 2. The Hall–Kier alpha value is -2.73. The Balaban J connectivity index is 1.90. The van der Waals surface area contributed by atoms with Crippen molar-refractivity contribution in [2.75, 3.05) is 39.5 Å². The summed E-state index contributed by atoms with van der Waals surface area (Å²) in [4.78, 5) is 45.0. The van der Waals surface area contributed by atoms with Gasteiger partial charge in [-0.15, -0.1) is 11.8 Å². The third-order valence-corrected chi connectivity index (χ3v) is 6.97. The van der Waals surface area contributed by atoms with Gasteiger partial charge in [-0.2, -0.15) is 0 Å². The molecule has 40 heavy (non-hydrogen) atoms. The smallest absolute Gasteiger partial charge is 0.246 e. The van der Waals surface area contributed by atoms with Crippen molar-refractivity contribution >= 4 is 35.0 Å². The molecule has 1 saturated heterocycles. The summed E-state index contributed by atoms with van der Waals surface area (Å²) in [7, 11) is 0. The number of ether oxygens (including phenoxy) is 2. The van der Waals surface area contributed by atoms with Crippen LogP contribution in [-0.4, -0.2) is 79.8 Å². The number of aliphatic imine (C=N–C) groups is 1. The van der Waals surface area contributed by atoms with Crippen LogP contribution in [0.3, 0.4) is 0 Å². The van der Waals surface area contributed by atoms with Crippen LogP contribution in [-0.2, 0) is 36.2 Å². The van der Waals surface area contributed by atoms with Crippen LogP contribution in [0, 0.1) is 5.41 Å². The Morgan fingerprint density at radius 3 is 2.50 bits per heavy atom. The topological polar surface area (TPSA) is 135 Å². The second-order valence-electron chi connectivity index (χ2n) is 10.8. The summed E-state index contributed by atoms with van der Waals surface area (Å²) in [6, 6.07) is 6.66. The zero-order valence-electron chi connectivity index (χ0n) is 24.2. The standard InChI is InChI=1S/C29H45N5O5S/c1-21(2)32-20-40-19-23-10-8-22(9-11-23)17-31-27(36)24-7-6-13-34(24)28(37)26(29(3,4)5)33-25(35)18-39-16-15-38-14-12-30/h8-11,20,24,26H,1,6-7,12-19,30H2,2-5H3,(H,31,36)(H,33,35). The highest BCUT2D eigenvalue weighted by atomic mass is 32.2. The Morgan fingerprint density at radius 1 is 1.18 bits per heavy atom. The maximum Gasteiger partial charge on any atom is 0.246 e. The highest BCUT2D eigenvalue weighted by Gasteiger charge is 2.41. The van der Waals surface area contributed by atoms with Gasteiger partial charge in [0.25, 0.3) is 0 Å². The zero-order valence-corrected chi connectivity index (χ0v) is 25.1. The molecular formula is C29H45N5O5S. The molecule has 4 N–H and O–H groups in total. The second kappa shape index (κ2) is 17.2. The Kier molecular flexibility index (Phi) is 14.4. The minimum Gasteiger partial charge on any atom is -0.378 e. The molecule has 0 aromatic heterocycles. The van der Waals surface area contributed by atoms with Crippen LogP contribution in [0.5, 0.6) is 0 Å². The van der Waals surface area contributed by atoms with E-state index in [0.717, 1.165) is 29.0 Å². The molecule has 0 bridgehead atoms.